The zero-order valence-electron chi connectivity index (χ0n) is 22.2. The molecule has 1 aliphatic heterocycles. The maximum atomic E-state index is 13.1. The number of morpholine rings is 1. The molecule has 4 rings (SSSR count). The van der Waals surface area contributed by atoms with Gasteiger partial charge in [0.25, 0.3) is 10.0 Å². The van der Waals surface area contributed by atoms with E-state index in [0.717, 1.165) is 59.7 Å². The molecular formula is C27H37N5O3S2. The van der Waals surface area contributed by atoms with Crippen LogP contribution >= 0.6 is 11.3 Å². The van der Waals surface area contributed by atoms with Gasteiger partial charge in [-0.3, -0.25) is 4.72 Å². The molecule has 0 aliphatic carbocycles. The van der Waals surface area contributed by atoms with Crippen molar-refractivity contribution in [2.45, 2.75) is 64.9 Å². The number of rotatable bonds is 8. The predicted octanol–water partition coefficient (Wildman–Crippen LogP) is 5.63. The monoisotopic (exact) mass is 543 g/mol. The number of aromatic nitrogens is 2. The minimum atomic E-state index is -3.87. The van der Waals surface area contributed by atoms with Crippen LogP contribution in [0.3, 0.4) is 0 Å². The minimum absolute atomic E-state index is 0.0515. The first-order chi connectivity index (χ1) is 17.4. The topological polar surface area (TPSA) is 110 Å². The van der Waals surface area contributed by atoms with Gasteiger partial charge in [-0.1, -0.05) is 56.7 Å². The van der Waals surface area contributed by atoms with Crippen molar-refractivity contribution in [3.05, 3.63) is 47.7 Å². The minimum Gasteiger partial charge on any atom is -0.384 e. The van der Waals surface area contributed by atoms with E-state index in [-0.39, 0.29) is 16.8 Å². The third-order valence-corrected chi connectivity index (χ3v) is 8.99. The van der Waals surface area contributed by atoms with E-state index in [4.69, 9.17) is 15.5 Å². The molecule has 0 saturated carbocycles. The Morgan fingerprint density at radius 3 is 2.62 bits per heavy atom. The number of ether oxygens (including phenoxy) is 1. The Bertz CT molecular complexity index is 1330. The average Bonchev–Trinajstić information content (AvgIpc) is 3.21. The van der Waals surface area contributed by atoms with Crippen LogP contribution in [-0.4, -0.2) is 44.2 Å². The van der Waals surface area contributed by atoms with Crippen molar-refractivity contribution in [2.75, 3.05) is 35.1 Å². The van der Waals surface area contributed by atoms with Crippen molar-refractivity contribution in [1.29, 1.82) is 0 Å². The molecule has 0 amide bonds. The summed E-state index contributed by atoms with van der Waals surface area (Å²) < 4.78 is 35.0. The molecule has 0 bridgehead atoms. The molecule has 2 aromatic heterocycles. The van der Waals surface area contributed by atoms with Crippen molar-refractivity contribution >= 4 is 37.3 Å². The van der Waals surface area contributed by atoms with Crippen LogP contribution in [0.1, 0.15) is 51.2 Å². The number of nitrogens with zero attached hydrogens (tertiary/aromatic N) is 3. The number of hydrogen-bond donors (Lipinski definition) is 2. The lowest BCUT2D eigenvalue weighted by Crippen LogP contribution is -2.42. The van der Waals surface area contributed by atoms with Crippen molar-refractivity contribution in [1.82, 2.24) is 9.97 Å². The van der Waals surface area contributed by atoms with Crippen molar-refractivity contribution in [3.8, 4) is 11.3 Å². The van der Waals surface area contributed by atoms with Crippen molar-refractivity contribution < 1.29 is 13.2 Å². The lowest BCUT2D eigenvalue weighted by Gasteiger charge is -2.34. The van der Waals surface area contributed by atoms with Gasteiger partial charge in [0, 0.05) is 30.9 Å². The Balaban J connectivity index is 1.66. The zero-order chi connectivity index (χ0) is 26.8. The normalized spacial score (nSPS) is 16.7. The first-order valence-corrected chi connectivity index (χ1v) is 14.9. The summed E-state index contributed by atoms with van der Waals surface area (Å²) in [5.41, 5.74) is 10.0. The van der Waals surface area contributed by atoms with Crippen LogP contribution in [0.25, 0.3) is 11.3 Å². The number of hydrogen-bond acceptors (Lipinski definition) is 8. The maximum Gasteiger partial charge on any atom is 0.263 e. The SMILES string of the molecule is Cc1cccc(C)c1-c1nc(NS(=O)(=O)c2ccnc(N)c2)sc1N1CCOC(CCCC(C)(C)C)C1. The fraction of sp³-hybridized carbons (Fsp3) is 0.481. The lowest BCUT2D eigenvalue weighted by atomic mass is 9.89. The molecule has 1 atom stereocenters. The maximum absolute atomic E-state index is 13.1. The van der Waals surface area contributed by atoms with E-state index >= 15 is 0 Å². The second-order valence-corrected chi connectivity index (χ2v) is 13.5. The zero-order valence-corrected chi connectivity index (χ0v) is 23.9. The molecule has 1 fully saturated rings. The summed E-state index contributed by atoms with van der Waals surface area (Å²) >= 11 is 1.36. The number of nitrogens with one attached hydrogen (secondary N) is 1. The van der Waals surface area contributed by atoms with Gasteiger partial charge in [-0.2, -0.15) is 0 Å². The molecule has 1 unspecified atom stereocenters. The van der Waals surface area contributed by atoms with E-state index in [2.05, 4.69) is 61.4 Å². The third-order valence-electron chi connectivity index (χ3n) is 6.49. The van der Waals surface area contributed by atoms with E-state index < -0.39 is 10.0 Å². The number of aryl methyl sites for hydroxylation is 2. The molecule has 1 saturated heterocycles. The van der Waals surface area contributed by atoms with Crippen LogP contribution in [0.15, 0.2) is 41.4 Å². The first-order valence-electron chi connectivity index (χ1n) is 12.6. The van der Waals surface area contributed by atoms with Crippen molar-refractivity contribution in [2.24, 2.45) is 5.41 Å². The molecule has 10 heteroatoms. The fourth-order valence-electron chi connectivity index (χ4n) is 4.63. The van der Waals surface area contributed by atoms with Gasteiger partial charge in [0.2, 0.25) is 0 Å². The van der Waals surface area contributed by atoms with Crippen LogP contribution in [0.4, 0.5) is 16.0 Å². The highest BCUT2D eigenvalue weighted by Gasteiger charge is 2.28. The number of benzene rings is 1. The largest absolute Gasteiger partial charge is 0.384 e. The van der Waals surface area contributed by atoms with Gasteiger partial charge in [-0.05, 0) is 49.3 Å². The number of nitrogens with two attached hydrogens (primary N) is 1. The van der Waals surface area contributed by atoms with Crippen LogP contribution < -0.4 is 15.4 Å². The average molecular weight is 544 g/mol. The summed E-state index contributed by atoms with van der Waals surface area (Å²) in [7, 11) is -3.87. The van der Waals surface area contributed by atoms with E-state index in [1.54, 1.807) is 0 Å². The number of thiazole rings is 1. The first kappa shape index (κ1) is 27.3. The number of pyridine rings is 1. The fourth-order valence-corrected chi connectivity index (χ4v) is 6.89. The van der Waals surface area contributed by atoms with Crippen LogP contribution in [-0.2, 0) is 14.8 Å². The molecule has 1 aliphatic rings. The summed E-state index contributed by atoms with van der Waals surface area (Å²) in [5, 5.41) is 1.27. The highest BCUT2D eigenvalue weighted by Crippen LogP contribution is 2.42. The Morgan fingerprint density at radius 2 is 1.95 bits per heavy atom. The second-order valence-electron chi connectivity index (χ2n) is 10.9. The third kappa shape index (κ3) is 6.80. The van der Waals surface area contributed by atoms with Gasteiger partial charge in [0.15, 0.2) is 5.13 Å². The summed E-state index contributed by atoms with van der Waals surface area (Å²) in [5.74, 6) is 0.143. The highest BCUT2D eigenvalue weighted by molar-refractivity contribution is 7.93. The summed E-state index contributed by atoms with van der Waals surface area (Å²) in [6.07, 6.45) is 4.76. The molecule has 200 valence electrons. The van der Waals surface area contributed by atoms with Gasteiger partial charge in [-0.25, -0.2) is 18.4 Å². The Labute approximate surface area is 224 Å². The number of nitrogen functional groups attached to an aromatic ring is 1. The number of sulfonamides is 1. The molecule has 3 N–H and O–H groups in total. The van der Waals surface area contributed by atoms with Gasteiger partial charge in [0.05, 0.1) is 17.6 Å². The van der Waals surface area contributed by atoms with E-state index in [1.807, 2.05) is 6.07 Å². The second kappa shape index (κ2) is 11.0. The molecular weight excluding hydrogens is 506 g/mol. The Hall–Kier alpha value is -2.69. The highest BCUT2D eigenvalue weighted by atomic mass is 32.2. The molecule has 37 heavy (non-hydrogen) atoms. The van der Waals surface area contributed by atoms with E-state index in [1.165, 1.54) is 29.7 Å². The molecule has 3 heterocycles. The smallest absolute Gasteiger partial charge is 0.263 e. The molecule has 8 nitrogen and oxygen atoms in total. The number of anilines is 3. The van der Waals surface area contributed by atoms with Gasteiger partial charge in [0.1, 0.15) is 16.5 Å². The molecule has 0 spiro atoms. The van der Waals surface area contributed by atoms with Crippen LogP contribution in [0.2, 0.25) is 0 Å². The summed E-state index contributed by atoms with van der Waals surface area (Å²) in [4.78, 5) is 11.1. The quantitative estimate of drug-likeness (QED) is 0.379. The lowest BCUT2D eigenvalue weighted by molar-refractivity contribution is 0.0324. The summed E-state index contributed by atoms with van der Waals surface area (Å²) in [6.45, 7) is 13.0. The standard InChI is InChI=1S/C27H37N5O3S2/c1-18-8-6-9-19(2)23(18)24-25(32-14-15-35-20(17-32)10-7-12-27(3,4)5)36-26(30-24)31-37(33,34)21-11-13-29-22(28)16-21/h6,8-9,11,13,16,20H,7,10,12,14-15,17H2,1-5H3,(H2,28,29)(H,30,31). The van der Waals surface area contributed by atoms with E-state index in [0.29, 0.717) is 17.2 Å². The van der Waals surface area contributed by atoms with Crippen LogP contribution in [0, 0.1) is 19.3 Å². The van der Waals surface area contributed by atoms with Crippen molar-refractivity contribution in [3.63, 3.8) is 0 Å². The van der Waals surface area contributed by atoms with Gasteiger partial charge in [-0.15, -0.1) is 0 Å². The molecule has 1 aromatic carbocycles. The van der Waals surface area contributed by atoms with Crippen LogP contribution in [0.5, 0.6) is 0 Å². The van der Waals surface area contributed by atoms with Gasteiger partial charge < -0.3 is 15.4 Å². The van der Waals surface area contributed by atoms with Gasteiger partial charge >= 0.3 is 0 Å². The predicted molar refractivity (Wildman–Crippen MR) is 152 cm³/mol. The summed E-state index contributed by atoms with van der Waals surface area (Å²) in [6, 6.07) is 8.90. The van der Waals surface area contributed by atoms with E-state index in [9.17, 15) is 8.42 Å². The molecule has 0 radical (unpaired) electrons. The molecule has 3 aromatic rings. The Kier molecular flexibility index (Phi) is 8.11. The Morgan fingerprint density at radius 1 is 1.22 bits per heavy atom.